The molecule has 0 saturated heterocycles. The van der Waals surface area contributed by atoms with Crippen molar-refractivity contribution >= 4 is 23.5 Å². The van der Waals surface area contributed by atoms with Crippen molar-refractivity contribution in [2.45, 2.75) is 0 Å². The molecule has 3 aromatic carbocycles. The monoisotopic (exact) mass is 407 g/mol. The number of halogens is 1. The number of hydrogen-bond acceptors (Lipinski definition) is 5. The molecule has 0 spiro atoms. The van der Waals surface area contributed by atoms with Crippen LogP contribution in [0.3, 0.4) is 0 Å². The number of allylic oxidation sites excluding steroid dienone is 1. The van der Waals surface area contributed by atoms with Gasteiger partial charge in [-0.3, -0.25) is 0 Å². The molecule has 0 aromatic heterocycles. The van der Waals surface area contributed by atoms with Crippen LogP contribution in [0.2, 0.25) is 0 Å². The number of phenolic OH excluding ortho intramolecular Hbond substituents is 3. The number of carbonyl (C=O) groups is 1. The molecule has 3 rings (SSSR count). The van der Waals surface area contributed by atoms with E-state index in [1.54, 1.807) is 18.2 Å². The Kier molecular flexibility index (Phi) is 6.29. The van der Waals surface area contributed by atoms with E-state index < -0.39 is 11.8 Å². The SMILES string of the molecule is O=C(N/N=C(\C=C\c1ccc(O)cc1)c1cc(O)ccc1O)Nc1ccc(F)cc1. The van der Waals surface area contributed by atoms with Gasteiger partial charge >= 0.3 is 6.03 Å². The second-order valence-electron chi connectivity index (χ2n) is 6.20. The lowest BCUT2D eigenvalue weighted by molar-refractivity contribution is 0.252. The van der Waals surface area contributed by atoms with Crippen molar-refractivity contribution in [2.75, 3.05) is 5.32 Å². The summed E-state index contributed by atoms with van der Waals surface area (Å²) in [5, 5.41) is 35.8. The second-order valence-corrected chi connectivity index (χ2v) is 6.20. The number of carbonyl (C=O) groups excluding carboxylic acids is 1. The van der Waals surface area contributed by atoms with E-state index in [-0.39, 0.29) is 28.5 Å². The standard InChI is InChI=1S/C22H18FN3O4/c23-15-4-6-16(7-5-15)24-22(30)26-25-20(19-13-18(28)10-12-21(19)29)11-3-14-1-8-17(27)9-2-14/h1-13,27-29H,(H2,24,26,30)/b11-3+,25-20+. The molecule has 7 nitrogen and oxygen atoms in total. The zero-order valence-electron chi connectivity index (χ0n) is 15.6. The molecule has 8 heteroatoms. The molecule has 5 N–H and O–H groups in total. The van der Waals surface area contributed by atoms with Crippen molar-refractivity contribution in [3.05, 3.63) is 89.8 Å². The molecule has 0 unspecified atom stereocenters. The lowest BCUT2D eigenvalue weighted by Gasteiger charge is -2.08. The maximum absolute atomic E-state index is 13.0. The number of anilines is 1. The molecule has 3 aromatic rings. The fourth-order valence-electron chi connectivity index (χ4n) is 2.48. The highest BCUT2D eigenvalue weighted by molar-refractivity contribution is 6.13. The predicted octanol–water partition coefficient (Wildman–Crippen LogP) is 4.18. The number of phenols is 3. The van der Waals surface area contributed by atoms with Crippen molar-refractivity contribution in [3.8, 4) is 17.2 Å². The van der Waals surface area contributed by atoms with Gasteiger partial charge in [0.15, 0.2) is 0 Å². The third-order valence-electron chi connectivity index (χ3n) is 3.96. The number of benzene rings is 3. The van der Waals surface area contributed by atoms with Crippen LogP contribution in [0.15, 0.2) is 77.9 Å². The molecule has 0 aliphatic rings. The summed E-state index contributed by atoms with van der Waals surface area (Å²) in [6.45, 7) is 0. The predicted molar refractivity (Wildman–Crippen MR) is 112 cm³/mol. The van der Waals surface area contributed by atoms with E-state index in [1.807, 2.05) is 0 Å². The largest absolute Gasteiger partial charge is 0.508 e. The Morgan fingerprint density at radius 3 is 2.27 bits per heavy atom. The molecule has 0 fully saturated rings. The van der Waals surface area contributed by atoms with Gasteiger partial charge in [0, 0.05) is 11.3 Å². The van der Waals surface area contributed by atoms with Gasteiger partial charge < -0.3 is 20.6 Å². The quantitative estimate of drug-likeness (QED) is 0.248. The molecule has 2 amide bonds. The Morgan fingerprint density at radius 1 is 0.900 bits per heavy atom. The highest BCUT2D eigenvalue weighted by Crippen LogP contribution is 2.23. The number of nitrogens with zero attached hydrogens (tertiary/aromatic N) is 1. The van der Waals surface area contributed by atoms with Crippen molar-refractivity contribution in [1.29, 1.82) is 0 Å². The fraction of sp³-hybridized carbons (Fsp3) is 0. The molecule has 0 aliphatic carbocycles. The minimum absolute atomic E-state index is 0.0932. The average molecular weight is 407 g/mol. The zero-order valence-corrected chi connectivity index (χ0v) is 15.6. The van der Waals surface area contributed by atoms with Gasteiger partial charge in [0.05, 0.1) is 5.71 Å². The molecular weight excluding hydrogens is 389 g/mol. The number of aromatic hydroxyl groups is 3. The summed E-state index contributed by atoms with van der Waals surface area (Å²) in [4.78, 5) is 12.1. The highest BCUT2D eigenvalue weighted by atomic mass is 19.1. The Hall–Kier alpha value is -4.33. The minimum Gasteiger partial charge on any atom is -0.508 e. The Morgan fingerprint density at radius 2 is 1.57 bits per heavy atom. The molecule has 0 aliphatic heterocycles. The normalized spacial score (nSPS) is 11.4. The third-order valence-corrected chi connectivity index (χ3v) is 3.96. The maximum Gasteiger partial charge on any atom is 0.339 e. The van der Waals surface area contributed by atoms with Gasteiger partial charge in [-0.15, -0.1) is 0 Å². The van der Waals surface area contributed by atoms with Gasteiger partial charge in [-0.05, 0) is 66.2 Å². The summed E-state index contributed by atoms with van der Waals surface area (Å²) in [7, 11) is 0. The first-order chi connectivity index (χ1) is 14.4. The summed E-state index contributed by atoms with van der Waals surface area (Å²) in [6.07, 6.45) is 3.18. The molecule has 0 heterocycles. The van der Waals surface area contributed by atoms with Gasteiger partial charge in [0.25, 0.3) is 0 Å². The van der Waals surface area contributed by atoms with Gasteiger partial charge in [-0.25, -0.2) is 14.6 Å². The Balaban J connectivity index is 1.84. The van der Waals surface area contributed by atoms with Crippen LogP contribution in [0.25, 0.3) is 6.08 Å². The highest BCUT2D eigenvalue weighted by Gasteiger charge is 2.09. The third kappa shape index (κ3) is 5.59. The van der Waals surface area contributed by atoms with Crippen molar-refractivity contribution in [2.24, 2.45) is 5.10 Å². The summed E-state index contributed by atoms with van der Waals surface area (Å²) < 4.78 is 13.0. The van der Waals surface area contributed by atoms with Crippen LogP contribution in [0.5, 0.6) is 17.2 Å². The van der Waals surface area contributed by atoms with E-state index >= 15 is 0 Å². The first kappa shape index (κ1) is 20.4. The molecular formula is C22H18FN3O4. The van der Waals surface area contributed by atoms with Gasteiger partial charge in [0.1, 0.15) is 23.1 Å². The lowest BCUT2D eigenvalue weighted by Crippen LogP contribution is -2.25. The van der Waals surface area contributed by atoms with Crippen LogP contribution in [-0.2, 0) is 0 Å². The van der Waals surface area contributed by atoms with Gasteiger partial charge in [0.2, 0.25) is 0 Å². The summed E-state index contributed by atoms with van der Waals surface area (Å²) in [5.41, 5.74) is 3.74. The first-order valence-corrected chi connectivity index (χ1v) is 8.80. The van der Waals surface area contributed by atoms with Crippen LogP contribution in [0, 0.1) is 5.82 Å². The van der Waals surface area contributed by atoms with E-state index in [4.69, 9.17) is 0 Å². The van der Waals surface area contributed by atoms with E-state index in [2.05, 4.69) is 15.8 Å². The number of amides is 2. The molecule has 152 valence electrons. The van der Waals surface area contributed by atoms with Crippen LogP contribution in [-0.4, -0.2) is 27.1 Å². The summed E-state index contributed by atoms with van der Waals surface area (Å²) in [6, 6.07) is 14.8. The number of hydrazone groups is 1. The number of urea groups is 1. The molecule has 0 radical (unpaired) electrons. The molecule has 0 bridgehead atoms. The minimum atomic E-state index is -0.684. The average Bonchev–Trinajstić information content (AvgIpc) is 2.73. The topological polar surface area (TPSA) is 114 Å². The smallest absolute Gasteiger partial charge is 0.339 e. The number of rotatable bonds is 5. The Labute approximate surface area is 171 Å². The number of nitrogens with one attached hydrogen (secondary N) is 2. The van der Waals surface area contributed by atoms with E-state index in [1.165, 1.54) is 60.7 Å². The fourth-order valence-corrected chi connectivity index (χ4v) is 2.48. The molecule has 0 atom stereocenters. The molecule has 0 saturated carbocycles. The van der Waals surface area contributed by atoms with E-state index in [0.29, 0.717) is 5.69 Å². The maximum atomic E-state index is 13.0. The van der Waals surface area contributed by atoms with Crippen molar-refractivity contribution in [3.63, 3.8) is 0 Å². The molecule has 30 heavy (non-hydrogen) atoms. The Bertz CT molecular complexity index is 1090. The first-order valence-electron chi connectivity index (χ1n) is 8.80. The van der Waals surface area contributed by atoms with Gasteiger partial charge in [-0.1, -0.05) is 18.2 Å². The van der Waals surface area contributed by atoms with Crippen molar-refractivity contribution in [1.82, 2.24) is 5.43 Å². The van der Waals surface area contributed by atoms with E-state index in [9.17, 15) is 24.5 Å². The van der Waals surface area contributed by atoms with Crippen LogP contribution in [0.4, 0.5) is 14.9 Å². The van der Waals surface area contributed by atoms with E-state index in [0.717, 1.165) is 5.56 Å². The van der Waals surface area contributed by atoms with Gasteiger partial charge in [-0.2, -0.15) is 5.10 Å². The second kappa shape index (κ2) is 9.24. The summed E-state index contributed by atoms with van der Waals surface area (Å²) >= 11 is 0. The van der Waals surface area contributed by atoms with Crippen LogP contribution < -0.4 is 10.7 Å². The lowest BCUT2D eigenvalue weighted by atomic mass is 10.1. The summed E-state index contributed by atoms with van der Waals surface area (Å²) in [5.74, 6) is -0.558. The van der Waals surface area contributed by atoms with Crippen LogP contribution in [0.1, 0.15) is 11.1 Å². The van der Waals surface area contributed by atoms with Crippen LogP contribution >= 0.6 is 0 Å². The zero-order chi connectivity index (χ0) is 21.5. The number of hydrogen-bond donors (Lipinski definition) is 5. The van der Waals surface area contributed by atoms with Crippen molar-refractivity contribution < 1.29 is 24.5 Å².